The van der Waals surface area contributed by atoms with E-state index in [-0.39, 0.29) is 6.10 Å². The lowest BCUT2D eigenvalue weighted by molar-refractivity contribution is -0.0896. The number of hydrogen-bond donors (Lipinski definition) is 0. The van der Waals surface area contributed by atoms with E-state index >= 15 is 0 Å². The summed E-state index contributed by atoms with van der Waals surface area (Å²) in [4.78, 5) is 4.73. The summed E-state index contributed by atoms with van der Waals surface area (Å²) in [6.45, 7) is 4.34. The summed E-state index contributed by atoms with van der Waals surface area (Å²) in [6, 6.07) is 16.3. The molecule has 2 heterocycles. The van der Waals surface area contributed by atoms with Crippen molar-refractivity contribution in [2.75, 3.05) is 19.8 Å². The van der Waals surface area contributed by atoms with Crippen LogP contribution in [-0.4, -0.2) is 24.8 Å². The number of aromatic nitrogens is 1. The molecule has 1 unspecified atom stereocenters. The molecule has 0 bridgehead atoms. The molecule has 1 aliphatic rings. The van der Waals surface area contributed by atoms with Gasteiger partial charge in [0, 0.05) is 15.6 Å². The Morgan fingerprint density at radius 1 is 1.15 bits per heavy atom. The molecule has 5 heteroatoms. The number of fused-ring (bicyclic) bond motifs is 1. The van der Waals surface area contributed by atoms with Gasteiger partial charge in [0.25, 0.3) is 0 Å². The van der Waals surface area contributed by atoms with Crippen LogP contribution in [0.15, 0.2) is 53.0 Å². The molecule has 0 amide bonds. The van der Waals surface area contributed by atoms with E-state index in [1.807, 2.05) is 43.3 Å². The highest BCUT2D eigenvalue weighted by Crippen LogP contribution is 2.33. The second-order valence-electron chi connectivity index (χ2n) is 6.35. The monoisotopic (exact) mass is 413 g/mol. The fourth-order valence-corrected chi connectivity index (χ4v) is 3.44. The molecule has 134 valence electrons. The van der Waals surface area contributed by atoms with E-state index in [0.717, 1.165) is 37.9 Å². The molecule has 0 radical (unpaired) electrons. The van der Waals surface area contributed by atoms with Crippen molar-refractivity contribution in [3.05, 3.63) is 69.8 Å². The number of para-hydroxylation sites is 1. The molecule has 2 aromatic carbocycles. The van der Waals surface area contributed by atoms with Crippen LogP contribution < -0.4 is 4.74 Å². The Bertz CT molecular complexity index is 905. The molecule has 0 aliphatic carbocycles. The number of halogens is 1. The SMILES string of the molecule is Cc1cc(C2COCCO2)c2cccc(OCc3ccc(Br)cc3)c2n1. The van der Waals surface area contributed by atoms with Crippen LogP contribution in [0.2, 0.25) is 0 Å². The van der Waals surface area contributed by atoms with Crippen LogP contribution in [0.1, 0.15) is 22.9 Å². The van der Waals surface area contributed by atoms with Gasteiger partial charge >= 0.3 is 0 Å². The lowest BCUT2D eigenvalue weighted by Gasteiger charge is -2.25. The third-order valence-electron chi connectivity index (χ3n) is 4.43. The largest absolute Gasteiger partial charge is 0.487 e. The molecule has 0 saturated carbocycles. The van der Waals surface area contributed by atoms with E-state index < -0.39 is 0 Å². The molecular weight excluding hydrogens is 394 g/mol. The number of benzene rings is 2. The predicted octanol–water partition coefficient (Wildman–Crippen LogP) is 4.97. The Labute approximate surface area is 161 Å². The minimum Gasteiger partial charge on any atom is -0.487 e. The number of hydrogen-bond acceptors (Lipinski definition) is 4. The maximum absolute atomic E-state index is 6.09. The summed E-state index contributed by atoms with van der Waals surface area (Å²) in [5.41, 5.74) is 4.04. The van der Waals surface area contributed by atoms with Gasteiger partial charge in [0.15, 0.2) is 0 Å². The molecule has 3 aromatic rings. The zero-order valence-electron chi connectivity index (χ0n) is 14.6. The zero-order chi connectivity index (χ0) is 17.9. The van der Waals surface area contributed by atoms with E-state index in [1.165, 1.54) is 0 Å². The molecule has 1 aliphatic heterocycles. The Balaban J connectivity index is 1.67. The van der Waals surface area contributed by atoms with Crippen molar-refractivity contribution in [1.82, 2.24) is 4.98 Å². The van der Waals surface area contributed by atoms with Crippen LogP contribution in [0.4, 0.5) is 0 Å². The molecule has 1 fully saturated rings. The van der Waals surface area contributed by atoms with Gasteiger partial charge in [-0.05, 0) is 42.3 Å². The van der Waals surface area contributed by atoms with E-state index in [2.05, 4.69) is 28.1 Å². The van der Waals surface area contributed by atoms with Gasteiger partial charge in [0.2, 0.25) is 0 Å². The molecule has 4 rings (SSSR count). The van der Waals surface area contributed by atoms with E-state index in [9.17, 15) is 0 Å². The third-order valence-corrected chi connectivity index (χ3v) is 4.96. The van der Waals surface area contributed by atoms with Crippen molar-refractivity contribution >= 4 is 26.8 Å². The van der Waals surface area contributed by atoms with Crippen LogP contribution in [-0.2, 0) is 16.1 Å². The highest BCUT2D eigenvalue weighted by atomic mass is 79.9. The predicted molar refractivity (Wildman–Crippen MR) is 104 cm³/mol. The van der Waals surface area contributed by atoms with Crippen LogP contribution in [0.3, 0.4) is 0 Å². The van der Waals surface area contributed by atoms with E-state index in [0.29, 0.717) is 26.4 Å². The maximum atomic E-state index is 6.09. The first-order valence-electron chi connectivity index (χ1n) is 8.67. The lowest BCUT2D eigenvalue weighted by Crippen LogP contribution is -2.22. The van der Waals surface area contributed by atoms with Crippen molar-refractivity contribution in [1.29, 1.82) is 0 Å². The average Bonchev–Trinajstić information content (AvgIpc) is 2.68. The maximum Gasteiger partial charge on any atom is 0.146 e. The second-order valence-corrected chi connectivity index (χ2v) is 7.27. The summed E-state index contributed by atoms with van der Waals surface area (Å²) in [6.07, 6.45) is -0.0605. The van der Waals surface area contributed by atoms with Crippen LogP contribution in [0.25, 0.3) is 10.9 Å². The van der Waals surface area contributed by atoms with Crippen LogP contribution >= 0.6 is 15.9 Å². The standard InChI is InChI=1S/C21H20BrNO3/c1-14-11-18(20-13-24-9-10-25-20)17-3-2-4-19(21(17)23-14)26-12-15-5-7-16(22)8-6-15/h2-8,11,20H,9-10,12-13H2,1H3. The Morgan fingerprint density at radius 3 is 2.77 bits per heavy atom. The van der Waals surface area contributed by atoms with Gasteiger partial charge < -0.3 is 14.2 Å². The highest BCUT2D eigenvalue weighted by Gasteiger charge is 2.21. The molecule has 1 saturated heterocycles. The van der Waals surface area contributed by atoms with Crippen molar-refractivity contribution in [3.63, 3.8) is 0 Å². The molecule has 26 heavy (non-hydrogen) atoms. The summed E-state index contributed by atoms with van der Waals surface area (Å²) in [5.74, 6) is 0.784. The molecule has 4 nitrogen and oxygen atoms in total. The summed E-state index contributed by atoms with van der Waals surface area (Å²) >= 11 is 3.45. The molecule has 0 spiro atoms. The van der Waals surface area contributed by atoms with Gasteiger partial charge in [-0.3, -0.25) is 0 Å². The normalized spacial score (nSPS) is 17.4. The van der Waals surface area contributed by atoms with Gasteiger partial charge in [-0.1, -0.05) is 40.2 Å². The van der Waals surface area contributed by atoms with Gasteiger partial charge in [0.1, 0.15) is 24.0 Å². The second kappa shape index (κ2) is 7.74. The first-order chi connectivity index (χ1) is 12.7. The number of rotatable bonds is 4. The number of pyridine rings is 1. The fraction of sp³-hybridized carbons (Fsp3) is 0.286. The Morgan fingerprint density at radius 2 is 2.00 bits per heavy atom. The smallest absolute Gasteiger partial charge is 0.146 e. The van der Waals surface area contributed by atoms with E-state index in [4.69, 9.17) is 19.2 Å². The van der Waals surface area contributed by atoms with Crippen molar-refractivity contribution in [2.45, 2.75) is 19.6 Å². The van der Waals surface area contributed by atoms with Crippen molar-refractivity contribution in [3.8, 4) is 5.75 Å². The van der Waals surface area contributed by atoms with E-state index in [1.54, 1.807) is 0 Å². The topological polar surface area (TPSA) is 40.6 Å². The molecule has 0 N–H and O–H groups in total. The average molecular weight is 414 g/mol. The molecular formula is C21H20BrNO3. The Kier molecular flexibility index (Phi) is 5.20. The van der Waals surface area contributed by atoms with Gasteiger partial charge in [-0.2, -0.15) is 0 Å². The highest BCUT2D eigenvalue weighted by molar-refractivity contribution is 9.10. The van der Waals surface area contributed by atoms with Crippen molar-refractivity contribution < 1.29 is 14.2 Å². The van der Waals surface area contributed by atoms with Crippen molar-refractivity contribution in [2.24, 2.45) is 0 Å². The van der Waals surface area contributed by atoms with Gasteiger partial charge in [0.05, 0.1) is 19.8 Å². The number of aryl methyl sites for hydroxylation is 1. The quantitative estimate of drug-likeness (QED) is 0.604. The Hall–Kier alpha value is -1.95. The van der Waals surface area contributed by atoms with Crippen LogP contribution in [0, 0.1) is 6.92 Å². The zero-order valence-corrected chi connectivity index (χ0v) is 16.2. The summed E-state index contributed by atoms with van der Waals surface area (Å²) in [7, 11) is 0. The third kappa shape index (κ3) is 3.75. The number of nitrogens with zero attached hydrogens (tertiary/aromatic N) is 1. The van der Waals surface area contributed by atoms with Gasteiger partial charge in [-0.25, -0.2) is 4.98 Å². The number of ether oxygens (including phenoxy) is 3. The summed E-state index contributed by atoms with van der Waals surface area (Å²) in [5, 5.41) is 1.06. The van der Waals surface area contributed by atoms with Gasteiger partial charge in [-0.15, -0.1) is 0 Å². The molecule has 1 aromatic heterocycles. The minimum absolute atomic E-state index is 0.0605. The van der Waals surface area contributed by atoms with Crippen LogP contribution in [0.5, 0.6) is 5.75 Å². The molecule has 1 atom stereocenters. The minimum atomic E-state index is -0.0605. The fourth-order valence-electron chi connectivity index (χ4n) is 3.17. The first kappa shape index (κ1) is 17.5. The first-order valence-corrected chi connectivity index (χ1v) is 9.47. The summed E-state index contributed by atoms with van der Waals surface area (Å²) < 4.78 is 18.7. The lowest BCUT2D eigenvalue weighted by atomic mass is 10.0.